The number of aromatic nitrogens is 4. The van der Waals surface area contributed by atoms with Gasteiger partial charge in [-0.05, 0) is 18.2 Å². The average Bonchev–Trinajstić information content (AvgIpc) is 2.87. The molecule has 0 bridgehead atoms. The fraction of sp³-hybridized carbons (Fsp3) is 0.364. The molecule has 96 valence electrons. The lowest BCUT2D eigenvalue weighted by molar-refractivity contribution is 0.746. The second kappa shape index (κ2) is 5.36. The number of hydrogen-bond acceptors (Lipinski definition) is 6. The van der Waals surface area contributed by atoms with Crippen LogP contribution in [-0.2, 0) is 0 Å². The van der Waals surface area contributed by atoms with Gasteiger partial charge in [0.05, 0.1) is 5.69 Å². The standard InChI is InChI=1S/C11H16N6S/c1-7(2)8-4-5-17(16-8)10-6-9(15-12)13-11(14-10)18-3/h4-7H,12H2,1-3H3,(H,13,14,15). The van der Waals surface area contributed by atoms with Gasteiger partial charge in [-0.3, -0.25) is 0 Å². The summed E-state index contributed by atoms with van der Waals surface area (Å²) in [5.41, 5.74) is 3.57. The zero-order valence-corrected chi connectivity index (χ0v) is 11.4. The molecule has 7 heteroatoms. The maximum Gasteiger partial charge on any atom is 0.191 e. The van der Waals surface area contributed by atoms with Crippen molar-refractivity contribution in [3.8, 4) is 5.82 Å². The lowest BCUT2D eigenvalue weighted by Crippen LogP contribution is -2.11. The van der Waals surface area contributed by atoms with Crippen LogP contribution in [-0.4, -0.2) is 26.0 Å². The molecule has 0 saturated heterocycles. The highest BCUT2D eigenvalue weighted by Crippen LogP contribution is 2.17. The third-order valence-electron chi connectivity index (χ3n) is 2.46. The summed E-state index contributed by atoms with van der Waals surface area (Å²) < 4.78 is 1.73. The van der Waals surface area contributed by atoms with Crippen molar-refractivity contribution in [3.05, 3.63) is 24.0 Å². The molecular weight excluding hydrogens is 248 g/mol. The quantitative estimate of drug-likeness (QED) is 0.379. The van der Waals surface area contributed by atoms with Gasteiger partial charge in [0.25, 0.3) is 0 Å². The first kappa shape index (κ1) is 12.8. The first-order chi connectivity index (χ1) is 8.63. The van der Waals surface area contributed by atoms with Gasteiger partial charge < -0.3 is 5.43 Å². The Morgan fingerprint density at radius 1 is 1.39 bits per heavy atom. The van der Waals surface area contributed by atoms with Crippen LogP contribution in [0.4, 0.5) is 5.82 Å². The number of nitrogens with zero attached hydrogens (tertiary/aromatic N) is 4. The number of nitrogens with two attached hydrogens (primary N) is 1. The van der Waals surface area contributed by atoms with Crippen molar-refractivity contribution in [2.45, 2.75) is 24.9 Å². The van der Waals surface area contributed by atoms with Crippen LogP contribution in [0, 0.1) is 0 Å². The van der Waals surface area contributed by atoms with Crippen molar-refractivity contribution in [3.63, 3.8) is 0 Å². The number of thioether (sulfide) groups is 1. The van der Waals surface area contributed by atoms with Gasteiger partial charge in [-0.1, -0.05) is 25.6 Å². The third kappa shape index (κ3) is 2.62. The molecule has 0 amide bonds. The van der Waals surface area contributed by atoms with Gasteiger partial charge in [0.2, 0.25) is 0 Å². The molecule has 0 fully saturated rings. The van der Waals surface area contributed by atoms with Crippen molar-refractivity contribution in [2.24, 2.45) is 5.84 Å². The highest BCUT2D eigenvalue weighted by atomic mass is 32.2. The van der Waals surface area contributed by atoms with E-state index in [0.29, 0.717) is 22.7 Å². The van der Waals surface area contributed by atoms with Gasteiger partial charge >= 0.3 is 0 Å². The van der Waals surface area contributed by atoms with Crippen LogP contribution in [0.15, 0.2) is 23.5 Å². The largest absolute Gasteiger partial charge is 0.308 e. The van der Waals surface area contributed by atoms with Crippen LogP contribution in [0.5, 0.6) is 0 Å². The lowest BCUT2D eigenvalue weighted by Gasteiger charge is -2.06. The van der Waals surface area contributed by atoms with E-state index in [4.69, 9.17) is 5.84 Å². The number of hydrazine groups is 1. The molecule has 0 atom stereocenters. The maximum atomic E-state index is 5.39. The predicted octanol–water partition coefficient (Wildman–Crippen LogP) is 1.79. The monoisotopic (exact) mass is 264 g/mol. The number of nitrogens with one attached hydrogen (secondary N) is 1. The van der Waals surface area contributed by atoms with Gasteiger partial charge in [0.1, 0.15) is 5.82 Å². The molecule has 0 aliphatic carbocycles. The van der Waals surface area contributed by atoms with E-state index in [1.807, 2.05) is 18.5 Å². The zero-order valence-electron chi connectivity index (χ0n) is 10.6. The van der Waals surface area contributed by atoms with Crippen molar-refractivity contribution in [1.82, 2.24) is 19.7 Å². The molecule has 3 N–H and O–H groups in total. The average molecular weight is 264 g/mol. The minimum Gasteiger partial charge on any atom is -0.308 e. The molecule has 0 saturated carbocycles. The van der Waals surface area contributed by atoms with Gasteiger partial charge in [-0.2, -0.15) is 5.10 Å². The summed E-state index contributed by atoms with van der Waals surface area (Å²) in [5.74, 6) is 7.06. The summed E-state index contributed by atoms with van der Waals surface area (Å²) in [4.78, 5) is 8.61. The summed E-state index contributed by atoms with van der Waals surface area (Å²) in [6.45, 7) is 4.21. The van der Waals surface area contributed by atoms with E-state index < -0.39 is 0 Å². The van der Waals surface area contributed by atoms with Crippen LogP contribution in [0.1, 0.15) is 25.5 Å². The minimum atomic E-state index is 0.389. The number of nitrogen functional groups attached to an aromatic ring is 1. The smallest absolute Gasteiger partial charge is 0.191 e. The Balaban J connectivity index is 2.42. The molecule has 2 aromatic heterocycles. The second-order valence-electron chi connectivity index (χ2n) is 4.08. The van der Waals surface area contributed by atoms with Crippen LogP contribution in [0.3, 0.4) is 0 Å². The second-order valence-corrected chi connectivity index (χ2v) is 4.86. The molecule has 2 aromatic rings. The van der Waals surface area contributed by atoms with Crippen LogP contribution >= 0.6 is 11.8 Å². The molecule has 0 aliphatic heterocycles. The number of rotatable bonds is 4. The Hall–Kier alpha value is -1.60. The van der Waals surface area contributed by atoms with Gasteiger partial charge in [0.15, 0.2) is 11.0 Å². The van der Waals surface area contributed by atoms with Gasteiger partial charge in [-0.25, -0.2) is 20.5 Å². The maximum absolute atomic E-state index is 5.39. The number of hydrogen-bond donors (Lipinski definition) is 2. The van der Waals surface area contributed by atoms with Crippen molar-refractivity contribution < 1.29 is 0 Å². The molecule has 2 rings (SSSR count). The highest BCUT2D eigenvalue weighted by molar-refractivity contribution is 7.98. The van der Waals surface area contributed by atoms with Crippen molar-refractivity contribution in [2.75, 3.05) is 11.7 Å². The Kier molecular flexibility index (Phi) is 3.83. The molecule has 2 heterocycles. The topological polar surface area (TPSA) is 81.6 Å². The molecule has 0 aliphatic rings. The lowest BCUT2D eigenvalue weighted by atomic mass is 10.1. The number of anilines is 1. The normalized spacial score (nSPS) is 10.9. The summed E-state index contributed by atoms with van der Waals surface area (Å²) in [6.07, 6.45) is 3.81. The first-order valence-electron chi connectivity index (χ1n) is 5.59. The molecule has 18 heavy (non-hydrogen) atoms. The van der Waals surface area contributed by atoms with Crippen molar-refractivity contribution >= 4 is 17.6 Å². The zero-order chi connectivity index (χ0) is 13.1. The summed E-state index contributed by atoms with van der Waals surface area (Å²) in [7, 11) is 0. The van der Waals surface area contributed by atoms with E-state index in [-0.39, 0.29) is 0 Å². The Labute approximate surface area is 110 Å². The molecule has 0 unspecified atom stereocenters. The van der Waals surface area contributed by atoms with E-state index in [1.165, 1.54) is 11.8 Å². The van der Waals surface area contributed by atoms with Gasteiger partial charge in [-0.15, -0.1) is 0 Å². The molecule has 0 aromatic carbocycles. The molecular formula is C11H16N6S. The van der Waals surface area contributed by atoms with E-state index in [1.54, 1.807) is 10.7 Å². The van der Waals surface area contributed by atoms with E-state index >= 15 is 0 Å². The Morgan fingerprint density at radius 3 is 2.72 bits per heavy atom. The summed E-state index contributed by atoms with van der Waals surface area (Å²) >= 11 is 1.46. The SMILES string of the molecule is CSc1nc(NN)cc(-n2ccc(C(C)C)n2)n1. The summed E-state index contributed by atoms with van der Waals surface area (Å²) in [5, 5.41) is 5.13. The molecule has 0 spiro atoms. The summed E-state index contributed by atoms with van der Waals surface area (Å²) in [6, 6.07) is 3.75. The van der Waals surface area contributed by atoms with Crippen LogP contribution in [0.25, 0.3) is 5.82 Å². The van der Waals surface area contributed by atoms with E-state index in [2.05, 4.69) is 34.3 Å². The fourth-order valence-corrected chi connectivity index (χ4v) is 1.84. The van der Waals surface area contributed by atoms with Crippen LogP contribution < -0.4 is 11.3 Å². The minimum absolute atomic E-state index is 0.389. The Bertz CT molecular complexity index is 514. The fourth-order valence-electron chi connectivity index (χ4n) is 1.47. The van der Waals surface area contributed by atoms with Gasteiger partial charge in [0, 0.05) is 12.3 Å². The predicted molar refractivity (Wildman–Crippen MR) is 72.8 cm³/mol. The molecule has 6 nitrogen and oxygen atoms in total. The van der Waals surface area contributed by atoms with Crippen LogP contribution in [0.2, 0.25) is 0 Å². The third-order valence-corrected chi connectivity index (χ3v) is 3.01. The highest BCUT2D eigenvalue weighted by Gasteiger charge is 2.08. The molecule has 0 radical (unpaired) electrons. The Morgan fingerprint density at radius 2 is 2.17 bits per heavy atom. The van der Waals surface area contributed by atoms with Crippen molar-refractivity contribution in [1.29, 1.82) is 0 Å². The van der Waals surface area contributed by atoms with E-state index in [9.17, 15) is 0 Å². The first-order valence-corrected chi connectivity index (χ1v) is 6.82. The van der Waals surface area contributed by atoms with E-state index in [0.717, 1.165) is 5.69 Å².